The highest BCUT2D eigenvalue weighted by molar-refractivity contribution is 14.1. The van der Waals surface area contributed by atoms with E-state index in [0.29, 0.717) is 0 Å². The average Bonchev–Trinajstić information content (AvgIpc) is 2.69. The van der Waals surface area contributed by atoms with Crippen LogP contribution in [-0.4, -0.2) is 11.0 Å². The first-order valence-corrected chi connectivity index (χ1v) is 6.15. The summed E-state index contributed by atoms with van der Waals surface area (Å²) in [6.07, 6.45) is 2.36. The van der Waals surface area contributed by atoms with Crippen LogP contribution in [0.25, 0.3) is 0 Å². The van der Waals surface area contributed by atoms with Crippen molar-refractivity contribution in [3.05, 3.63) is 35.9 Å². The quantitative estimate of drug-likeness (QED) is 0.600. The second-order valence-corrected chi connectivity index (χ2v) is 4.21. The van der Waals surface area contributed by atoms with Crippen LogP contribution in [0.5, 0.6) is 0 Å². The summed E-state index contributed by atoms with van der Waals surface area (Å²) >= 11 is 2.42. The van der Waals surface area contributed by atoms with Crippen molar-refractivity contribution in [1.29, 1.82) is 0 Å². The van der Waals surface area contributed by atoms with E-state index < -0.39 is 0 Å². The molecule has 1 aromatic rings. The van der Waals surface area contributed by atoms with Gasteiger partial charge in [0, 0.05) is 11.0 Å². The van der Waals surface area contributed by atoms with Crippen molar-refractivity contribution < 1.29 is 4.74 Å². The summed E-state index contributed by atoms with van der Waals surface area (Å²) in [7, 11) is 0. The summed E-state index contributed by atoms with van der Waals surface area (Å²) in [6, 6.07) is 10.6. The maximum atomic E-state index is 5.87. The van der Waals surface area contributed by atoms with E-state index in [1.54, 1.807) is 0 Å². The summed E-state index contributed by atoms with van der Waals surface area (Å²) in [5.41, 5.74) is 1.35. The Morgan fingerprint density at radius 1 is 1.31 bits per heavy atom. The number of hydrogen-bond acceptors (Lipinski definition) is 1. The van der Waals surface area contributed by atoms with Gasteiger partial charge in [-0.15, -0.1) is 0 Å². The zero-order valence-corrected chi connectivity index (χ0v) is 9.66. The largest absolute Gasteiger partial charge is 0.369 e. The first-order valence-electron chi connectivity index (χ1n) is 4.63. The molecule has 1 saturated heterocycles. The van der Waals surface area contributed by atoms with Crippen LogP contribution in [0.2, 0.25) is 0 Å². The van der Waals surface area contributed by atoms with E-state index in [1.807, 2.05) is 0 Å². The van der Waals surface area contributed by atoms with Crippen molar-refractivity contribution in [2.45, 2.75) is 18.4 Å². The van der Waals surface area contributed by atoms with Crippen LogP contribution in [-0.2, 0) is 10.3 Å². The van der Waals surface area contributed by atoms with Crippen molar-refractivity contribution in [3.63, 3.8) is 0 Å². The summed E-state index contributed by atoms with van der Waals surface area (Å²) in [6.45, 7) is 0.915. The molecule has 0 radical (unpaired) electrons. The molecule has 70 valence electrons. The lowest BCUT2D eigenvalue weighted by Gasteiger charge is -2.26. The van der Waals surface area contributed by atoms with Gasteiger partial charge in [0.05, 0.1) is 0 Å². The van der Waals surface area contributed by atoms with Crippen molar-refractivity contribution in [2.75, 3.05) is 11.0 Å². The lowest BCUT2D eigenvalue weighted by molar-refractivity contribution is 0.0237. The standard InChI is InChI=1S/C11H13IO/c12-9-11(7-4-8-13-11)10-5-2-1-3-6-10/h1-3,5-6H,4,7-9H2/t11-/m1/s1. The van der Waals surface area contributed by atoms with Crippen LogP contribution < -0.4 is 0 Å². The Balaban J connectivity index is 2.31. The minimum atomic E-state index is 0.0157. The fraction of sp³-hybridized carbons (Fsp3) is 0.455. The van der Waals surface area contributed by atoms with Gasteiger partial charge in [-0.25, -0.2) is 0 Å². The van der Waals surface area contributed by atoms with Crippen molar-refractivity contribution in [3.8, 4) is 0 Å². The number of rotatable bonds is 2. The summed E-state index contributed by atoms with van der Waals surface area (Å²) in [5.74, 6) is 0. The van der Waals surface area contributed by atoms with Crippen LogP contribution in [0.3, 0.4) is 0 Å². The predicted octanol–water partition coefficient (Wildman–Crippen LogP) is 3.13. The Hall–Kier alpha value is -0.0900. The van der Waals surface area contributed by atoms with Gasteiger partial charge < -0.3 is 4.74 Å². The van der Waals surface area contributed by atoms with Gasteiger partial charge in [-0.3, -0.25) is 0 Å². The molecule has 1 aliphatic rings. The predicted molar refractivity (Wildman–Crippen MR) is 62.2 cm³/mol. The van der Waals surface area contributed by atoms with E-state index in [-0.39, 0.29) is 5.60 Å². The number of alkyl halides is 1. The molecule has 0 bridgehead atoms. The van der Waals surface area contributed by atoms with E-state index in [4.69, 9.17) is 4.74 Å². The maximum Gasteiger partial charge on any atom is 0.102 e. The SMILES string of the molecule is IC[C@@]1(c2ccccc2)CCCO1. The Morgan fingerprint density at radius 3 is 2.62 bits per heavy atom. The average molecular weight is 288 g/mol. The number of hydrogen-bond donors (Lipinski definition) is 0. The van der Waals surface area contributed by atoms with E-state index in [1.165, 1.54) is 18.4 Å². The maximum absolute atomic E-state index is 5.87. The molecule has 2 rings (SSSR count). The Morgan fingerprint density at radius 2 is 2.08 bits per heavy atom. The minimum absolute atomic E-state index is 0.0157. The topological polar surface area (TPSA) is 9.23 Å². The smallest absolute Gasteiger partial charge is 0.102 e. The third kappa shape index (κ3) is 1.74. The van der Waals surface area contributed by atoms with Crippen LogP contribution in [0.4, 0.5) is 0 Å². The molecule has 1 aliphatic heterocycles. The fourth-order valence-electron chi connectivity index (χ4n) is 1.85. The monoisotopic (exact) mass is 288 g/mol. The van der Waals surface area contributed by atoms with Gasteiger partial charge in [-0.2, -0.15) is 0 Å². The van der Waals surface area contributed by atoms with Crippen LogP contribution in [0, 0.1) is 0 Å². The van der Waals surface area contributed by atoms with Gasteiger partial charge in [0.25, 0.3) is 0 Å². The molecule has 1 atom stereocenters. The zero-order valence-electron chi connectivity index (χ0n) is 7.50. The number of benzene rings is 1. The Kier molecular flexibility index (Phi) is 2.89. The molecule has 1 fully saturated rings. The Labute approximate surface area is 92.6 Å². The molecule has 0 N–H and O–H groups in total. The number of halogens is 1. The molecular weight excluding hydrogens is 275 g/mol. The third-order valence-electron chi connectivity index (χ3n) is 2.62. The van der Waals surface area contributed by atoms with Crippen molar-refractivity contribution >= 4 is 22.6 Å². The van der Waals surface area contributed by atoms with Gasteiger partial charge in [0.15, 0.2) is 0 Å². The van der Waals surface area contributed by atoms with Gasteiger partial charge in [-0.05, 0) is 18.4 Å². The lowest BCUT2D eigenvalue weighted by Crippen LogP contribution is -2.26. The summed E-state index contributed by atoms with van der Waals surface area (Å²) in [5, 5.41) is 0. The molecule has 0 amide bonds. The van der Waals surface area contributed by atoms with Crippen LogP contribution in [0.15, 0.2) is 30.3 Å². The number of ether oxygens (including phenoxy) is 1. The molecule has 0 spiro atoms. The molecule has 1 nitrogen and oxygen atoms in total. The summed E-state index contributed by atoms with van der Waals surface area (Å²) in [4.78, 5) is 0. The zero-order chi connectivity index (χ0) is 9.15. The fourth-order valence-corrected chi connectivity index (χ4v) is 2.89. The molecule has 0 aliphatic carbocycles. The van der Waals surface area contributed by atoms with E-state index >= 15 is 0 Å². The van der Waals surface area contributed by atoms with Crippen LogP contribution in [0.1, 0.15) is 18.4 Å². The molecule has 2 heteroatoms. The molecular formula is C11H13IO. The second kappa shape index (κ2) is 3.96. The molecule has 0 unspecified atom stereocenters. The van der Waals surface area contributed by atoms with Gasteiger partial charge in [-0.1, -0.05) is 52.9 Å². The third-order valence-corrected chi connectivity index (χ3v) is 3.85. The first kappa shape index (κ1) is 9.46. The van der Waals surface area contributed by atoms with E-state index in [9.17, 15) is 0 Å². The van der Waals surface area contributed by atoms with Crippen molar-refractivity contribution in [1.82, 2.24) is 0 Å². The minimum Gasteiger partial charge on any atom is -0.369 e. The van der Waals surface area contributed by atoms with Crippen molar-refractivity contribution in [2.24, 2.45) is 0 Å². The molecule has 1 heterocycles. The lowest BCUT2D eigenvalue weighted by atomic mass is 9.93. The van der Waals surface area contributed by atoms with Gasteiger partial charge >= 0.3 is 0 Å². The van der Waals surface area contributed by atoms with E-state index in [0.717, 1.165) is 11.0 Å². The molecule has 1 aromatic carbocycles. The van der Waals surface area contributed by atoms with Gasteiger partial charge in [0.2, 0.25) is 0 Å². The normalized spacial score (nSPS) is 27.8. The van der Waals surface area contributed by atoms with Crippen LogP contribution >= 0.6 is 22.6 Å². The molecule has 0 saturated carbocycles. The highest BCUT2D eigenvalue weighted by atomic mass is 127. The van der Waals surface area contributed by atoms with Gasteiger partial charge in [0.1, 0.15) is 5.60 Å². The highest BCUT2D eigenvalue weighted by Gasteiger charge is 2.35. The second-order valence-electron chi connectivity index (χ2n) is 3.45. The molecule has 0 aromatic heterocycles. The Bertz CT molecular complexity index is 265. The first-order chi connectivity index (χ1) is 6.37. The molecule has 13 heavy (non-hydrogen) atoms. The summed E-state index contributed by atoms with van der Waals surface area (Å²) < 4.78 is 6.92. The highest BCUT2D eigenvalue weighted by Crippen LogP contribution is 2.37. The van der Waals surface area contributed by atoms with E-state index in [2.05, 4.69) is 52.9 Å².